The first-order chi connectivity index (χ1) is 11.1. The molecule has 0 amide bonds. The first-order valence-corrected chi connectivity index (χ1v) is 9.77. The average molecular weight is 335 g/mol. The fourth-order valence-electron chi connectivity index (χ4n) is 4.01. The van der Waals surface area contributed by atoms with Gasteiger partial charge >= 0.3 is 0 Å². The van der Waals surface area contributed by atoms with Crippen molar-refractivity contribution in [2.75, 3.05) is 23.7 Å². The first-order valence-electron chi connectivity index (χ1n) is 8.16. The number of hydrogen-bond acceptors (Lipinski definition) is 5. The van der Waals surface area contributed by atoms with Crippen LogP contribution in [0.1, 0.15) is 26.2 Å². The van der Waals surface area contributed by atoms with E-state index in [1.165, 1.54) is 0 Å². The number of nitrogens with zero attached hydrogens (tertiary/aromatic N) is 4. The standard InChI is InChI=1S/C15H21N5O2S/c1-2-23(21,22)20-8-3-4-12-13(20)6-9-19(12)15-11-5-7-16-14(11)17-10-18-15/h5,7,10,12-13H,2-4,6,8-9H2,1H3,(H,16,17,18)/t12-,13-/m1/s1. The number of aromatic amines is 1. The largest absolute Gasteiger partial charge is 0.351 e. The molecule has 0 aliphatic carbocycles. The van der Waals surface area contributed by atoms with Crippen molar-refractivity contribution >= 4 is 26.9 Å². The van der Waals surface area contributed by atoms with Crippen LogP contribution < -0.4 is 4.90 Å². The number of rotatable bonds is 3. The molecule has 2 atom stereocenters. The van der Waals surface area contributed by atoms with Gasteiger partial charge in [0.15, 0.2) is 0 Å². The fraction of sp³-hybridized carbons (Fsp3) is 0.600. The lowest BCUT2D eigenvalue weighted by atomic mass is 9.99. The van der Waals surface area contributed by atoms with Crippen LogP contribution in [-0.4, -0.2) is 58.6 Å². The molecule has 2 aromatic heterocycles. The Morgan fingerprint density at radius 2 is 2.13 bits per heavy atom. The predicted molar refractivity (Wildman–Crippen MR) is 88.8 cm³/mol. The Labute approximate surface area is 135 Å². The highest BCUT2D eigenvalue weighted by Crippen LogP contribution is 2.36. The predicted octanol–water partition coefficient (Wildman–Crippen LogP) is 1.35. The minimum atomic E-state index is -3.14. The van der Waals surface area contributed by atoms with Gasteiger partial charge in [-0.1, -0.05) is 0 Å². The number of aromatic nitrogens is 3. The van der Waals surface area contributed by atoms with E-state index in [1.54, 1.807) is 17.6 Å². The monoisotopic (exact) mass is 335 g/mol. The van der Waals surface area contributed by atoms with E-state index in [4.69, 9.17) is 0 Å². The van der Waals surface area contributed by atoms with Crippen LogP contribution in [0.5, 0.6) is 0 Å². The Hall–Kier alpha value is -1.67. The molecule has 8 heteroatoms. The van der Waals surface area contributed by atoms with Crippen molar-refractivity contribution in [1.82, 2.24) is 19.3 Å². The molecular formula is C15H21N5O2S. The molecule has 0 bridgehead atoms. The van der Waals surface area contributed by atoms with E-state index in [0.717, 1.165) is 42.7 Å². The number of fused-ring (bicyclic) bond motifs is 2. The van der Waals surface area contributed by atoms with Crippen LogP contribution in [0.15, 0.2) is 18.6 Å². The van der Waals surface area contributed by atoms with Crippen molar-refractivity contribution in [1.29, 1.82) is 0 Å². The van der Waals surface area contributed by atoms with Crippen LogP contribution in [0.4, 0.5) is 5.82 Å². The van der Waals surface area contributed by atoms with Crippen molar-refractivity contribution < 1.29 is 8.42 Å². The van der Waals surface area contributed by atoms with Crippen LogP contribution in [0.25, 0.3) is 11.0 Å². The van der Waals surface area contributed by atoms with E-state index in [9.17, 15) is 8.42 Å². The van der Waals surface area contributed by atoms with Gasteiger partial charge in [-0.25, -0.2) is 18.4 Å². The van der Waals surface area contributed by atoms with E-state index in [-0.39, 0.29) is 17.8 Å². The molecule has 124 valence electrons. The lowest BCUT2D eigenvalue weighted by Crippen LogP contribution is -2.52. The molecular weight excluding hydrogens is 314 g/mol. The molecule has 0 spiro atoms. The lowest BCUT2D eigenvalue weighted by molar-refractivity contribution is 0.244. The van der Waals surface area contributed by atoms with Gasteiger partial charge in [-0.3, -0.25) is 0 Å². The number of hydrogen-bond donors (Lipinski definition) is 1. The minimum absolute atomic E-state index is 0.0673. The van der Waals surface area contributed by atoms with Gasteiger partial charge < -0.3 is 9.88 Å². The summed E-state index contributed by atoms with van der Waals surface area (Å²) < 4.78 is 26.5. The van der Waals surface area contributed by atoms with Crippen molar-refractivity contribution in [2.45, 2.75) is 38.3 Å². The molecule has 2 fully saturated rings. The maximum absolute atomic E-state index is 12.4. The van der Waals surface area contributed by atoms with E-state index >= 15 is 0 Å². The van der Waals surface area contributed by atoms with Crippen LogP contribution in [0.3, 0.4) is 0 Å². The third kappa shape index (κ3) is 2.31. The average Bonchev–Trinajstić information content (AvgIpc) is 3.20. The van der Waals surface area contributed by atoms with Crippen molar-refractivity contribution in [3.63, 3.8) is 0 Å². The zero-order valence-corrected chi connectivity index (χ0v) is 14.0. The third-order valence-corrected chi connectivity index (χ3v) is 6.98. The topological polar surface area (TPSA) is 82.2 Å². The molecule has 1 N–H and O–H groups in total. The third-order valence-electron chi connectivity index (χ3n) is 5.09. The molecule has 2 saturated heterocycles. The summed E-state index contributed by atoms with van der Waals surface area (Å²) in [7, 11) is -3.14. The Morgan fingerprint density at radius 3 is 2.96 bits per heavy atom. The second kappa shape index (κ2) is 5.45. The summed E-state index contributed by atoms with van der Waals surface area (Å²) in [6.45, 7) is 3.20. The molecule has 7 nitrogen and oxygen atoms in total. The summed E-state index contributed by atoms with van der Waals surface area (Å²) >= 11 is 0. The van der Waals surface area contributed by atoms with Gasteiger partial charge in [-0.2, -0.15) is 4.31 Å². The highest BCUT2D eigenvalue weighted by molar-refractivity contribution is 7.89. The SMILES string of the molecule is CCS(=O)(=O)N1CCC[C@@H]2[C@H]1CCN2c1ncnc2[nH]ccc12. The van der Waals surface area contributed by atoms with Crippen molar-refractivity contribution in [2.24, 2.45) is 0 Å². The molecule has 2 aliphatic heterocycles. The molecule has 2 aromatic rings. The molecule has 0 saturated carbocycles. The highest BCUT2D eigenvalue weighted by Gasteiger charge is 2.44. The second-order valence-corrected chi connectivity index (χ2v) is 8.42. The van der Waals surface area contributed by atoms with Gasteiger partial charge in [-0.05, 0) is 32.3 Å². The summed E-state index contributed by atoms with van der Waals surface area (Å²) in [6.07, 6.45) is 6.21. The smallest absolute Gasteiger partial charge is 0.214 e. The fourth-order valence-corrected chi connectivity index (χ4v) is 5.40. The Bertz CT molecular complexity index is 818. The zero-order valence-electron chi connectivity index (χ0n) is 13.1. The molecule has 0 unspecified atom stereocenters. The van der Waals surface area contributed by atoms with Crippen LogP contribution in [0, 0.1) is 0 Å². The first kappa shape index (κ1) is 14.9. The number of piperidine rings is 1. The van der Waals surface area contributed by atoms with Crippen molar-refractivity contribution in [3.8, 4) is 0 Å². The number of sulfonamides is 1. The molecule has 4 heterocycles. The maximum atomic E-state index is 12.4. The number of anilines is 1. The second-order valence-electron chi connectivity index (χ2n) is 6.21. The Kier molecular flexibility index (Phi) is 3.53. The van der Waals surface area contributed by atoms with E-state index in [2.05, 4.69) is 19.9 Å². The zero-order chi connectivity index (χ0) is 16.0. The van der Waals surface area contributed by atoms with Gasteiger partial charge in [0.05, 0.1) is 11.1 Å². The Morgan fingerprint density at radius 1 is 1.26 bits per heavy atom. The molecule has 4 rings (SSSR count). The highest BCUT2D eigenvalue weighted by atomic mass is 32.2. The van der Waals surface area contributed by atoms with Crippen LogP contribution in [0.2, 0.25) is 0 Å². The minimum Gasteiger partial charge on any atom is -0.351 e. The molecule has 0 radical (unpaired) electrons. The van der Waals surface area contributed by atoms with Crippen molar-refractivity contribution in [3.05, 3.63) is 18.6 Å². The summed E-state index contributed by atoms with van der Waals surface area (Å²) in [6, 6.07) is 2.26. The van der Waals surface area contributed by atoms with E-state index < -0.39 is 10.0 Å². The van der Waals surface area contributed by atoms with Gasteiger partial charge in [-0.15, -0.1) is 0 Å². The van der Waals surface area contributed by atoms with Gasteiger partial charge in [0.1, 0.15) is 17.8 Å². The van der Waals surface area contributed by atoms with Gasteiger partial charge in [0.25, 0.3) is 0 Å². The Balaban J connectivity index is 1.70. The lowest BCUT2D eigenvalue weighted by Gasteiger charge is -2.39. The van der Waals surface area contributed by atoms with Crippen LogP contribution >= 0.6 is 0 Å². The molecule has 0 aromatic carbocycles. The molecule has 23 heavy (non-hydrogen) atoms. The molecule has 2 aliphatic rings. The number of H-pyrrole nitrogens is 1. The van der Waals surface area contributed by atoms with Crippen LogP contribution in [-0.2, 0) is 10.0 Å². The van der Waals surface area contributed by atoms with E-state index in [1.807, 2.05) is 12.3 Å². The maximum Gasteiger partial charge on any atom is 0.214 e. The summed E-state index contributed by atoms with van der Waals surface area (Å²) in [4.78, 5) is 14.1. The van der Waals surface area contributed by atoms with Gasteiger partial charge in [0, 0.05) is 31.4 Å². The van der Waals surface area contributed by atoms with E-state index in [0.29, 0.717) is 6.54 Å². The normalized spacial score (nSPS) is 25.9. The number of nitrogens with one attached hydrogen (secondary N) is 1. The quantitative estimate of drug-likeness (QED) is 0.915. The summed E-state index contributed by atoms with van der Waals surface area (Å²) in [5, 5.41) is 1.00. The summed E-state index contributed by atoms with van der Waals surface area (Å²) in [5.41, 5.74) is 0.826. The summed E-state index contributed by atoms with van der Waals surface area (Å²) in [5.74, 6) is 1.09. The van der Waals surface area contributed by atoms with Gasteiger partial charge in [0.2, 0.25) is 10.0 Å².